The number of aromatic nitrogens is 2. The molecule has 1 aliphatic rings. The number of aliphatic hydroxyl groups is 1. The first-order chi connectivity index (χ1) is 10.8. The number of hydrogen-bond acceptors (Lipinski definition) is 9. The van der Waals surface area contributed by atoms with Gasteiger partial charge in [0.05, 0.1) is 12.4 Å². The van der Waals surface area contributed by atoms with Crippen LogP contribution < -0.4 is 4.65 Å². The average molecular weight is 366 g/mol. The molecule has 0 bridgehead atoms. The van der Waals surface area contributed by atoms with Crippen LogP contribution >= 0.6 is 11.3 Å². The van der Waals surface area contributed by atoms with Gasteiger partial charge in [-0.15, -0.1) is 5.10 Å². The van der Waals surface area contributed by atoms with Gasteiger partial charge in [-0.05, 0) is 24.8 Å². The third-order valence-corrected chi connectivity index (χ3v) is 7.14. The van der Waals surface area contributed by atoms with Crippen LogP contribution in [0.2, 0.25) is 0 Å². The molecule has 0 aromatic carbocycles. The summed E-state index contributed by atoms with van der Waals surface area (Å²) in [4.78, 5) is 1.67. The quantitative estimate of drug-likeness (QED) is 0.536. The molecule has 1 aromatic rings. The van der Waals surface area contributed by atoms with Crippen molar-refractivity contribution in [3.63, 3.8) is 0 Å². The van der Waals surface area contributed by atoms with E-state index in [1.807, 2.05) is 6.92 Å². The molecular weight excluding hydrogens is 344 g/mol. The highest BCUT2D eigenvalue weighted by Crippen LogP contribution is 2.36. The van der Waals surface area contributed by atoms with Crippen molar-refractivity contribution in [3.8, 4) is 0 Å². The Labute approximate surface area is 139 Å². The summed E-state index contributed by atoms with van der Waals surface area (Å²) >= 11 is 0.734. The SMILES string of the molecule is CCCCS(=O)(=O)c1nnc([N+]2([O-])CN(C)C(COC)C2O)s1. The van der Waals surface area contributed by atoms with Gasteiger partial charge in [0.2, 0.25) is 20.4 Å². The smallest absolute Gasteiger partial charge is 0.310 e. The molecule has 0 spiro atoms. The van der Waals surface area contributed by atoms with Crippen LogP contribution in [0.1, 0.15) is 19.8 Å². The maximum absolute atomic E-state index is 13.0. The zero-order chi connectivity index (χ0) is 17.3. The second kappa shape index (κ2) is 7.05. The van der Waals surface area contributed by atoms with Crippen molar-refractivity contribution in [2.75, 3.05) is 33.2 Å². The molecule has 0 radical (unpaired) electrons. The molecule has 0 aliphatic carbocycles. The van der Waals surface area contributed by atoms with E-state index in [2.05, 4.69) is 10.2 Å². The molecule has 1 aliphatic heterocycles. The highest BCUT2D eigenvalue weighted by atomic mass is 32.2. The first-order valence-corrected chi connectivity index (χ1v) is 9.76. The summed E-state index contributed by atoms with van der Waals surface area (Å²) in [7, 11) is -0.350. The number of ether oxygens (including phenoxy) is 1. The third kappa shape index (κ3) is 3.55. The predicted octanol–water partition coefficient (Wildman–Crippen LogP) is 0.153. The van der Waals surface area contributed by atoms with Crippen LogP contribution in [-0.4, -0.2) is 74.1 Å². The molecule has 132 valence electrons. The largest absolute Gasteiger partial charge is 0.623 e. The van der Waals surface area contributed by atoms with Gasteiger partial charge in [0.25, 0.3) is 0 Å². The Kier molecular flexibility index (Phi) is 5.72. The molecule has 3 atom stereocenters. The number of aliphatic hydroxyl groups excluding tert-OH is 1. The predicted molar refractivity (Wildman–Crippen MR) is 86.3 cm³/mol. The fourth-order valence-electron chi connectivity index (χ4n) is 2.49. The number of nitrogens with zero attached hydrogens (tertiary/aromatic N) is 4. The minimum absolute atomic E-state index is 0.0221. The Morgan fingerprint density at radius 2 is 2.22 bits per heavy atom. The van der Waals surface area contributed by atoms with E-state index in [0.717, 1.165) is 17.8 Å². The molecule has 1 saturated heterocycles. The molecule has 11 heteroatoms. The van der Waals surface area contributed by atoms with Crippen molar-refractivity contribution in [3.05, 3.63) is 5.21 Å². The standard InChI is InChI=1S/C12H22N4O5S2/c1-4-5-6-23(19,20)12-14-13-11(22-12)16(18)8-15(2)9(7-21-3)10(16)17/h9-10,17H,4-8H2,1-3H3. The fourth-order valence-corrected chi connectivity index (χ4v) is 5.12. The molecule has 2 heterocycles. The van der Waals surface area contributed by atoms with Crippen LogP contribution in [0.3, 0.4) is 0 Å². The zero-order valence-electron chi connectivity index (χ0n) is 13.4. The maximum atomic E-state index is 13.0. The van der Waals surface area contributed by atoms with E-state index in [-0.39, 0.29) is 28.5 Å². The van der Waals surface area contributed by atoms with E-state index in [9.17, 15) is 18.7 Å². The van der Waals surface area contributed by atoms with Gasteiger partial charge in [-0.1, -0.05) is 18.4 Å². The number of rotatable bonds is 7. The molecule has 2 rings (SSSR count). The normalized spacial score (nSPS) is 29.3. The first-order valence-electron chi connectivity index (χ1n) is 7.29. The number of unbranched alkanes of at least 4 members (excludes halogenated alkanes) is 1. The zero-order valence-corrected chi connectivity index (χ0v) is 15.0. The number of hydrogen-bond donors (Lipinski definition) is 1. The summed E-state index contributed by atoms with van der Waals surface area (Å²) in [6.07, 6.45) is -0.0380. The van der Waals surface area contributed by atoms with Gasteiger partial charge < -0.3 is 15.1 Å². The Balaban J connectivity index is 2.26. The molecule has 1 N–H and O–H groups in total. The molecular formula is C12H22N4O5S2. The molecule has 0 amide bonds. The number of sulfone groups is 1. The fraction of sp³-hybridized carbons (Fsp3) is 0.833. The van der Waals surface area contributed by atoms with E-state index >= 15 is 0 Å². The average Bonchev–Trinajstić information content (AvgIpc) is 3.07. The topological polar surface area (TPSA) is 116 Å². The van der Waals surface area contributed by atoms with E-state index in [1.54, 1.807) is 11.9 Å². The van der Waals surface area contributed by atoms with E-state index in [0.29, 0.717) is 6.42 Å². The molecule has 9 nitrogen and oxygen atoms in total. The van der Waals surface area contributed by atoms with Crippen LogP contribution in [0, 0.1) is 5.21 Å². The lowest BCUT2D eigenvalue weighted by molar-refractivity contribution is 0.0228. The highest BCUT2D eigenvalue weighted by molar-refractivity contribution is 7.93. The summed E-state index contributed by atoms with van der Waals surface area (Å²) < 4.78 is 28.0. The second-order valence-electron chi connectivity index (χ2n) is 5.65. The number of quaternary nitrogens is 1. The monoisotopic (exact) mass is 366 g/mol. The van der Waals surface area contributed by atoms with Crippen LogP contribution in [0.15, 0.2) is 4.34 Å². The lowest BCUT2D eigenvalue weighted by Gasteiger charge is -2.37. The number of likely N-dealkylation sites (N-methyl/N-ethyl adjacent to an activating group) is 1. The van der Waals surface area contributed by atoms with Gasteiger partial charge in [-0.3, -0.25) is 4.65 Å². The van der Waals surface area contributed by atoms with Crippen molar-refractivity contribution in [2.45, 2.75) is 36.4 Å². The van der Waals surface area contributed by atoms with Crippen molar-refractivity contribution in [1.29, 1.82) is 0 Å². The number of methoxy groups -OCH3 is 1. The van der Waals surface area contributed by atoms with Crippen molar-refractivity contribution in [1.82, 2.24) is 19.7 Å². The summed E-state index contributed by atoms with van der Waals surface area (Å²) in [5, 5.41) is 30.7. The summed E-state index contributed by atoms with van der Waals surface area (Å²) in [5.41, 5.74) is 0. The van der Waals surface area contributed by atoms with Gasteiger partial charge in [-0.2, -0.15) is 0 Å². The summed E-state index contributed by atoms with van der Waals surface area (Å²) in [6, 6.07) is -0.485. The second-order valence-corrected chi connectivity index (χ2v) is 8.89. The van der Waals surface area contributed by atoms with Crippen LogP contribution in [0.25, 0.3) is 0 Å². The molecule has 23 heavy (non-hydrogen) atoms. The van der Waals surface area contributed by atoms with Crippen LogP contribution in [0.4, 0.5) is 5.13 Å². The minimum Gasteiger partial charge on any atom is -0.623 e. The van der Waals surface area contributed by atoms with Gasteiger partial charge >= 0.3 is 5.13 Å². The molecule has 1 fully saturated rings. The van der Waals surface area contributed by atoms with Crippen LogP contribution in [0.5, 0.6) is 0 Å². The Hall–Kier alpha value is -0.690. The van der Waals surface area contributed by atoms with Gasteiger partial charge in [0.15, 0.2) is 0 Å². The van der Waals surface area contributed by atoms with Gasteiger partial charge in [-0.25, -0.2) is 13.3 Å². The van der Waals surface area contributed by atoms with Gasteiger partial charge in [0.1, 0.15) is 12.7 Å². The van der Waals surface area contributed by atoms with Crippen molar-refractivity contribution in [2.24, 2.45) is 0 Å². The van der Waals surface area contributed by atoms with E-state index in [1.165, 1.54) is 7.11 Å². The Bertz CT molecular complexity index is 637. The summed E-state index contributed by atoms with van der Waals surface area (Å²) in [5.74, 6) is -0.0221. The first kappa shape index (κ1) is 18.6. The lowest BCUT2D eigenvalue weighted by atomic mass is 10.3. The highest BCUT2D eigenvalue weighted by Gasteiger charge is 2.49. The molecule has 1 aromatic heterocycles. The van der Waals surface area contributed by atoms with E-state index < -0.39 is 26.8 Å². The van der Waals surface area contributed by atoms with Gasteiger partial charge in [0, 0.05) is 7.11 Å². The summed E-state index contributed by atoms with van der Waals surface area (Å²) in [6.45, 7) is 2.05. The number of hydroxylamine groups is 2. The van der Waals surface area contributed by atoms with Crippen molar-refractivity contribution >= 4 is 26.3 Å². The van der Waals surface area contributed by atoms with Crippen molar-refractivity contribution < 1.29 is 18.3 Å². The minimum atomic E-state index is -3.54. The van der Waals surface area contributed by atoms with E-state index in [4.69, 9.17) is 4.74 Å². The Morgan fingerprint density at radius 1 is 1.52 bits per heavy atom. The molecule has 3 unspecified atom stereocenters. The third-order valence-electron chi connectivity index (χ3n) is 3.86. The Morgan fingerprint density at radius 3 is 2.83 bits per heavy atom. The lowest BCUT2D eigenvalue weighted by Crippen LogP contribution is -2.51. The molecule has 0 saturated carbocycles. The maximum Gasteiger partial charge on any atom is 0.310 e. The van der Waals surface area contributed by atoms with Crippen LogP contribution in [-0.2, 0) is 14.6 Å².